The molecule has 0 amide bonds. The number of para-hydroxylation sites is 2. The molecule has 1 saturated heterocycles. The molecule has 1 N–H and O–H groups in total. The summed E-state index contributed by atoms with van der Waals surface area (Å²) in [5.74, 6) is 2.03. The van der Waals surface area contributed by atoms with Crippen molar-refractivity contribution in [2.24, 2.45) is 0 Å². The molecule has 7 heteroatoms. The molecule has 27 heavy (non-hydrogen) atoms. The van der Waals surface area contributed by atoms with E-state index in [2.05, 4.69) is 9.80 Å². The number of hydrogen-bond donors (Lipinski definition) is 1. The largest absolute Gasteiger partial charge is 0.506 e. The highest BCUT2D eigenvalue weighted by Gasteiger charge is 2.23. The van der Waals surface area contributed by atoms with Crippen molar-refractivity contribution in [2.45, 2.75) is 0 Å². The molecule has 1 aliphatic rings. The molecule has 0 bridgehead atoms. The van der Waals surface area contributed by atoms with E-state index in [4.69, 9.17) is 26.4 Å². The zero-order chi connectivity index (χ0) is 19.4. The molecule has 0 radical (unpaired) electrons. The summed E-state index contributed by atoms with van der Waals surface area (Å²) in [6.07, 6.45) is 0. The van der Waals surface area contributed by atoms with E-state index in [1.807, 2.05) is 30.3 Å². The van der Waals surface area contributed by atoms with Crippen LogP contribution in [0.15, 0.2) is 36.4 Å². The molecule has 1 heterocycles. The number of methoxy groups -OCH3 is 3. The lowest BCUT2D eigenvalue weighted by atomic mass is 10.1. The third kappa shape index (κ3) is 3.88. The number of nitrogens with zero attached hydrogens (tertiary/aromatic N) is 2. The standard InChI is InChI=1S/C20H24N2O4S/c1-24-17-12-14(13-18(25-2)19(17)26-3)20(27)22-10-8-21(9-11-22)15-6-4-5-7-16(15)23/h4-7,12-13,23H,8-11H2,1-3H3. The zero-order valence-corrected chi connectivity index (χ0v) is 16.6. The van der Waals surface area contributed by atoms with Crippen molar-refractivity contribution in [1.29, 1.82) is 0 Å². The Balaban J connectivity index is 1.75. The van der Waals surface area contributed by atoms with Gasteiger partial charge in [0.1, 0.15) is 10.7 Å². The minimum Gasteiger partial charge on any atom is -0.506 e. The Labute approximate surface area is 164 Å². The number of benzene rings is 2. The van der Waals surface area contributed by atoms with Gasteiger partial charge in [0.2, 0.25) is 5.75 Å². The summed E-state index contributed by atoms with van der Waals surface area (Å²) < 4.78 is 16.2. The maximum Gasteiger partial charge on any atom is 0.203 e. The highest BCUT2D eigenvalue weighted by atomic mass is 32.1. The molecule has 6 nitrogen and oxygen atoms in total. The minimum absolute atomic E-state index is 0.304. The van der Waals surface area contributed by atoms with Gasteiger partial charge in [0.05, 0.1) is 27.0 Å². The maximum absolute atomic E-state index is 10.1. The summed E-state index contributed by atoms with van der Waals surface area (Å²) in [6, 6.07) is 11.2. The van der Waals surface area contributed by atoms with Gasteiger partial charge in [0.15, 0.2) is 11.5 Å². The Morgan fingerprint density at radius 2 is 1.52 bits per heavy atom. The second kappa shape index (κ2) is 8.35. The lowest BCUT2D eigenvalue weighted by Crippen LogP contribution is -2.48. The van der Waals surface area contributed by atoms with E-state index in [-0.39, 0.29) is 0 Å². The number of ether oxygens (including phenoxy) is 3. The smallest absolute Gasteiger partial charge is 0.203 e. The van der Waals surface area contributed by atoms with E-state index in [0.29, 0.717) is 23.0 Å². The van der Waals surface area contributed by atoms with Crippen LogP contribution in [0.1, 0.15) is 5.56 Å². The first-order valence-corrected chi connectivity index (χ1v) is 9.12. The van der Waals surface area contributed by atoms with Crippen LogP contribution in [0.5, 0.6) is 23.0 Å². The van der Waals surface area contributed by atoms with Crippen LogP contribution in [0.4, 0.5) is 5.69 Å². The summed E-state index contributed by atoms with van der Waals surface area (Å²) in [5.41, 5.74) is 1.71. The number of phenolic OH excluding ortho intramolecular Hbond substituents is 1. The van der Waals surface area contributed by atoms with Gasteiger partial charge in [-0.25, -0.2) is 0 Å². The third-order valence-corrected chi connectivity index (χ3v) is 5.19. The predicted octanol–water partition coefficient (Wildman–Crippen LogP) is 2.92. The number of phenols is 1. The van der Waals surface area contributed by atoms with Crippen LogP contribution in [0.25, 0.3) is 0 Å². The van der Waals surface area contributed by atoms with Gasteiger partial charge in [0.25, 0.3) is 0 Å². The molecule has 3 rings (SSSR count). The number of hydrogen-bond acceptors (Lipinski definition) is 6. The van der Waals surface area contributed by atoms with Crippen molar-refractivity contribution in [3.63, 3.8) is 0 Å². The molecule has 0 atom stereocenters. The Morgan fingerprint density at radius 3 is 2.04 bits per heavy atom. The van der Waals surface area contributed by atoms with Gasteiger partial charge in [-0.05, 0) is 24.3 Å². The number of thiocarbonyl (C=S) groups is 1. The fourth-order valence-electron chi connectivity index (χ4n) is 3.27. The Kier molecular flexibility index (Phi) is 5.91. The molecule has 1 fully saturated rings. The number of anilines is 1. The van der Waals surface area contributed by atoms with Crippen molar-refractivity contribution in [1.82, 2.24) is 4.90 Å². The van der Waals surface area contributed by atoms with E-state index >= 15 is 0 Å². The first-order chi connectivity index (χ1) is 13.1. The second-order valence-electron chi connectivity index (χ2n) is 6.18. The summed E-state index contributed by atoms with van der Waals surface area (Å²) >= 11 is 5.72. The zero-order valence-electron chi connectivity index (χ0n) is 15.8. The molecule has 0 aromatic heterocycles. The SMILES string of the molecule is COc1cc(C(=S)N2CCN(c3ccccc3O)CC2)cc(OC)c1OC. The monoisotopic (exact) mass is 388 g/mol. The predicted molar refractivity (Wildman–Crippen MR) is 110 cm³/mol. The Bertz CT molecular complexity index is 794. The molecule has 0 spiro atoms. The van der Waals surface area contributed by atoms with Gasteiger partial charge in [-0.1, -0.05) is 24.4 Å². The highest BCUT2D eigenvalue weighted by molar-refractivity contribution is 7.80. The van der Waals surface area contributed by atoms with Crippen LogP contribution in [-0.2, 0) is 0 Å². The molecular weight excluding hydrogens is 364 g/mol. The number of rotatable bonds is 5. The second-order valence-corrected chi connectivity index (χ2v) is 6.57. The summed E-state index contributed by atoms with van der Waals surface area (Å²) in [5, 5.41) is 10.1. The average molecular weight is 388 g/mol. The normalized spacial score (nSPS) is 14.0. The molecule has 2 aromatic carbocycles. The van der Waals surface area contributed by atoms with E-state index in [0.717, 1.165) is 42.4 Å². The summed E-state index contributed by atoms with van der Waals surface area (Å²) in [7, 11) is 4.76. The van der Waals surface area contributed by atoms with Gasteiger partial charge in [-0.2, -0.15) is 0 Å². The third-order valence-electron chi connectivity index (χ3n) is 4.70. The van der Waals surface area contributed by atoms with E-state index in [9.17, 15) is 5.11 Å². The highest BCUT2D eigenvalue weighted by Crippen LogP contribution is 2.38. The first-order valence-electron chi connectivity index (χ1n) is 8.71. The topological polar surface area (TPSA) is 54.4 Å². The average Bonchev–Trinajstić information content (AvgIpc) is 2.72. The van der Waals surface area contributed by atoms with Crippen molar-refractivity contribution in [3.05, 3.63) is 42.0 Å². The molecule has 144 valence electrons. The molecular formula is C20H24N2O4S. The Morgan fingerprint density at radius 1 is 0.926 bits per heavy atom. The molecule has 0 saturated carbocycles. The van der Waals surface area contributed by atoms with Crippen LogP contribution in [0.2, 0.25) is 0 Å². The van der Waals surface area contributed by atoms with Gasteiger partial charge >= 0.3 is 0 Å². The molecule has 2 aromatic rings. The van der Waals surface area contributed by atoms with Crippen molar-refractivity contribution in [3.8, 4) is 23.0 Å². The van der Waals surface area contributed by atoms with Crippen LogP contribution < -0.4 is 19.1 Å². The van der Waals surface area contributed by atoms with Gasteiger partial charge in [-0.3, -0.25) is 0 Å². The lowest BCUT2D eigenvalue weighted by molar-refractivity contribution is 0.324. The quantitative estimate of drug-likeness (QED) is 0.791. The summed E-state index contributed by atoms with van der Waals surface area (Å²) in [6.45, 7) is 3.10. The van der Waals surface area contributed by atoms with Crippen molar-refractivity contribution >= 4 is 22.9 Å². The molecule has 0 unspecified atom stereocenters. The number of aromatic hydroxyl groups is 1. The van der Waals surface area contributed by atoms with Gasteiger partial charge in [-0.15, -0.1) is 0 Å². The maximum atomic E-state index is 10.1. The first kappa shape index (κ1) is 19.1. The summed E-state index contributed by atoms with van der Waals surface area (Å²) in [4.78, 5) is 5.07. The van der Waals surface area contributed by atoms with Gasteiger partial charge in [0, 0.05) is 31.7 Å². The fourth-order valence-corrected chi connectivity index (χ4v) is 3.57. The van der Waals surface area contributed by atoms with Crippen molar-refractivity contribution in [2.75, 3.05) is 52.4 Å². The van der Waals surface area contributed by atoms with Crippen LogP contribution in [0.3, 0.4) is 0 Å². The minimum atomic E-state index is 0.304. The van der Waals surface area contributed by atoms with Crippen LogP contribution >= 0.6 is 12.2 Å². The molecule has 0 aliphatic carbocycles. The molecule has 1 aliphatic heterocycles. The van der Waals surface area contributed by atoms with Crippen LogP contribution in [-0.4, -0.2) is 62.5 Å². The fraction of sp³-hybridized carbons (Fsp3) is 0.350. The van der Waals surface area contributed by atoms with E-state index < -0.39 is 0 Å². The van der Waals surface area contributed by atoms with E-state index in [1.54, 1.807) is 27.4 Å². The number of piperazine rings is 1. The van der Waals surface area contributed by atoms with Crippen LogP contribution in [0, 0.1) is 0 Å². The van der Waals surface area contributed by atoms with Crippen molar-refractivity contribution < 1.29 is 19.3 Å². The lowest BCUT2D eigenvalue weighted by Gasteiger charge is -2.37. The van der Waals surface area contributed by atoms with E-state index in [1.165, 1.54) is 0 Å². The van der Waals surface area contributed by atoms with Gasteiger partial charge < -0.3 is 29.1 Å². The Hall–Kier alpha value is -2.67.